The molecule has 1 fully saturated rings. The van der Waals surface area contributed by atoms with E-state index >= 15 is 0 Å². The van der Waals surface area contributed by atoms with Crippen LogP contribution in [0.2, 0.25) is 0 Å². The minimum atomic E-state index is -0.709. The Balaban J connectivity index is 1.76. The Hall–Kier alpha value is -3.36. The molecule has 1 aliphatic heterocycles. The van der Waals surface area contributed by atoms with E-state index in [0.29, 0.717) is 32.2 Å². The predicted octanol–water partition coefficient (Wildman–Crippen LogP) is 5.22. The largest absolute Gasteiger partial charge is 0.461 e. The lowest BCUT2D eigenvalue weighted by Gasteiger charge is -2.24. The van der Waals surface area contributed by atoms with Crippen molar-refractivity contribution >= 4 is 35.3 Å². The van der Waals surface area contributed by atoms with Gasteiger partial charge in [-0.15, -0.1) is 0 Å². The molecular weight excluding hydrogens is 560 g/mol. The highest BCUT2D eigenvalue weighted by Gasteiger charge is 2.44. The zero-order valence-electron chi connectivity index (χ0n) is 27.9. The Morgan fingerprint density at radius 3 is 2.09 bits per heavy atom. The van der Waals surface area contributed by atoms with Crippen molar-refractivity contribution in [2.75, 3.05) is 6.54 Å². The van der Waals surface area contributed by atoms with Crippen molar-refractivity contribution in [2.24, 2.45) is 29.1 Å². The molecule has 1 N–H and O–H groups in total. The van der Waals surface area contributed by atoms with Gasteiger partial charge in [-0.05, 0) is 42.2 Å². The van der Waals surface area contributed by atoms with E-state index in [9.17, 15) is 28.8 Å². The van der Waals surface area contributed by atoms with Gasteiger partial charge < -0.3 is 10.1 Å². The molecule has 1 aliphatic rings. The number of amides is 3. The number of hydrogen-bond donors (Lipinski definition) is 1. The van der Waals surface area contributed by atoms with Crippen LogP contribution in [-0.4, -0.2) is 52.7 Å². The highest BCUT2D eigenvalue weighted by molar-refractivity contribution is 6.03. The standard InChI is InChI=1S/C35H52N2O7/c1-22(2)28(19-27(38)12-10-9-11-17-37-31(40)20-29(33(37)42)35(6,7)8)32(41)36-24(5)30(39)18-25-13-15-26(16-14-25)21-44-34(43)23(3)4/h13-16,22-24,28-29H,9-12,17-21H2,1-8H3,(H,36,41)/t24-,28-,29?/m1/s1. The van der Waals surface area contributed by atoms with Gasteiger partial charge in [0.25, 0.3) is 0 Å². The molecule has 0 bridgehead atoms. The second-order valence-corrected chi connectivity index (χ2v) is 13.9. The number of likely N-dealkylation sites (tertiary alicyclic amines) is 1. The van der Waals surface area contributed by atoms with Gasteiger partial charge in [0.15, 0.2) is 5.78 Å². The Labute approximate surface area is 262 Å². The summed E-state index contributed by atoms with van der Waals surface area (Å²) in [5.41, 5.74) is 1.36. The van der Waals surface area contributed by atoms with Crippen molar-refractivity contribution in [3.05, 3.63) is 35.4 Å². The minimum absolute atomic E-state index is 0.0156. The maximum Gasteiger partial charge on any atom is 0.308 e. The zero-order valence-corrected chi connectivity index (χ0v) is 27.9. The third kappa shape index (κ3) is 11.3. The molecule has 1 saturated heterocycles. The third-order valence-electron chi connectivity index (χ3n) is 8.31. The molecule has 1 unspecified atom stereocenters. The molecule has 2 rings (SSSR count). The number of ether oxygens (including phenoxy) is 1. The number of imide groups is 1. The molecular formula is C35H52N2O7. The van der Waals surface area contributed by atoms with Gasteiger partial charge in [-0.25, -0.2) is 0 Å². The summed E-state index contributed by atoms with van der Waals surface area (Å²) in [7, 11) is 0. The molecule has 3 atom stereocenters. The van der Waals surface area contributed by atoms with Crippen LogP contribution < -0.4 is 5.32 Å². The number of Topliss-reactive ketones (excluding diaryl/α,β-unsaturated/α-hetero) is 2. The fourth-order valence-corrected chi connectivity index (χ4v) is 5.17. The molecule has 0 saturated carbocycles. The van der Waals surface area contributed by atoms with Crippen LogP contribution in [0.25, 0.3) is 0 Å². The van der Waals surface area contributed by atoms with E-state index in [4.69, 9.17) is 4.74 Å². The van der Waals surface area contributed by atoms with Gasteiger partial charge in [-0.1, -0.05) is 79.2 Å². The lowest BCUT2D eigenvalue weighted by molar-refractivity contribution is -0.148. The van der Waals surface area contributed by atoms with Crippen LogP contribution in [0.15, 0.2) is 24.3 Å². The molecule has 244 valence electrons. The summed E-state index contributed by atoms with van der Waals surface area (Å²) < 4.78 is 5.23. The highest BCUT2D eigenvalue weighted by Crippen LogP contribution is 2.35. The summed E-state index contributed by atoms with van der Waals surface area (Å²) >= 11 is 0. The summed E-state index contributed by atoms with van der Waals surface area (Å²) in [6, 6.07) is 6.54. The molecule has 1 aromatic carbocycles. The van der Waals surface area contributed by atoms with Crippen molar-refractivity contribution in [3.63, 3.8) is 0 Å². The normalized spacial score (nSPS) is 16.8. The Morgan fingerprint density at radius 2 is 1.55 bits per heavy atom. The zero-order chi connectivity index (χ0) is 33.2. The molecule has 44 heavy (non-hydrogen) atoms. The van der Waals surface area contributed by atoms with Crippen molar-refractivity contribution in [1.82, 2.24) is 10.2 Å². The molecule has 1 aromatic rings. The first kappa shape index (κ1) is 36.8. The van der Waals surface area contributed by atoms with E-state index in [1.807, 2.05) is 58.9 Å². The van der Waals surface area contributed by atoms with Crippen LogP contribution in [0.3, 0.4) is 0 Å². The summed E-state index contributed by atoms with van der Waals surface area (Å²) in [6.45, 7) is 15.4. The second kappa shape index (κ2) is 16.6. The van der Waals surface area contributed by atoms with Gasteiger partial charge in [-0.2, -0.15) is 0 Å². The van der Waals surface area contributed by atoms with Crippen molar-refractivity contribution in [2.45, 2.75) is 113 Å². The molecule has 1 heterocycles. The Bertz CT molecular complexity index is 1180. The monoisotopic (exact) mass is 612 g/mol. The van der Waals surface area contributed by atoms with Crippen molar-refractivity contribution < 1.29 is 33.5 Å². The van der Waals surface area contributed by atoms with Gasteiger partial charge in [0, 0.05) is 38.1 Å². The maximum atomic E-state index is 13.1. The van der Waals surface area contributed by atoms with Crippen molar-refractivity contribution in [3.8, 4) is 0 Å². The first-order valence-corrected chi connectivity index (χ1v) is 15.9. The first-order valence-electron chi connectivity index (χ1n) is 15.9. The lowest BCUT2D eigenvalue weighted by Crippen LogP contribution is -2.44. The van der Waals surface area contributed by atoms with Crippen LogP contribution in [0.5, 0.6) is 0 Å². The van der Waals surface area contributed by atoms with E-state index in [2.05, 4.69) is 5.32 Å². The van der Waals surface area contributed by atoms with Crippen LogP contribution in [0, 0.1) is 29.1 Å². The molecule has 9 heteroatoms. The second-order valence-electron chi connectivity index (χ2n) is 13.9. The minimum Gasteiger partial charge on any atom is -0.461 e. The summed E-state index contributed by atoms with van der Waals surface area (Å²) in [4.78, 5) is 76.6. The SMILES string of the molecule is CC(C)C(=O)OCc1ccc(CC(=O)[C@@H](C)NC(=O)[C@H](CC(=O)CCCCCN2C(=O)CC(C(C)(C)C)C2=O)C(C)C)cc1. The summed E-state index contributed by atoms with van der Waals surface area (Å²) in [6.07, 6.45) is 2.80. The number of hydrogen-bond acceptors (Lipinski definition) is 7. The number of nitrogens with one attached hydrogen (secondary N) is 1. The van der Waals surface area contributed by atoms with Crippen LogP contribution in [0.1, 0.15) is 105 Å². The molecule has 0 aliphatic carbocycles. The molecule has 0 spiro atoms. The molecule has 3 amide bonds. The van der Waals surface area contributed by atoms with Gasteiger partial charge in [0.2, 0.25) is 17.7 Å². The number of rotatable bonds is 17. The number of unbranched alkanes of at least 4 members (excludes halogenated alkanes) is 2. The van der Waals surface area contributed by atoms with E-state index in [0.717, 1.165) is 11.1 Å². The van der Waals surface area contributed by atoms with Gasteiger partial charge in [0.1, 0.15) is 12.4 Å². The highest BCUT2D eigenvalue weighted by atomic mass is 16.5. The smallest absolute Gasteiger partial charge is 0.308 e. The van der Waals surface area contributed by atoms with Crippen LogP contribution in [-0.2, 0) is 46.5 Å². The van der Waals surface area contributed by atoms with E-state index in [-0.39, 0.29) is 84.3 Å². The maximum absolute atomic E-state index is 13.1. The first-order chi connectivity index (χ1) is 20.5. The third-order valence-corrected chi connectivity index (χ3v) is 8.31. The van der Waals surface area contributed by atoms with Gasteiger partial charge in [-0.3, -0.25) is 33.7 Å². The molecule has 0 radical (unpaired) electrons. The summed E-state index contributed by atoms with van der Waals surface area (Å²) in [5.74, 6) is -2.06. The van der Waals surface area contributed by atoms with Crippen LogP contribution in [0.4, 0.5) is 0 Å². The number of ketones is 2. The molecule has 9 nitrogen and oxygen atoms in total. The number of carbonyl (C=O) groups excluding carboxylic acids is 6. The average molecular weight is 613 g/mol. The lowest BCUT2D eigenvalue weighted by atomic mass is 9.80. The predicted molar refractivity (Wildman–Crippen MR) is 168 cm³/mol. The van der Waals surface area contributed by atoms with E-state index < -0.39 is 12.0 Å². The van der Waals surface area contributed by atoms with Gasteiger partial charge in [0.05, 0.1) is 17.9 Å². The number of esters is 1. The van der Waals surface area contributed by atoms with E-state index in [1.165, 1.54) is 4.90 Å². The number of benzene rings is 1. The Kier molecular flexibility index (Phi) is 13.9. The quantitative estimate of drug-likeness (QED) is 0.145. The summed E-state index contributed by atoms with van der Waals surface area (Å²) in [5, 5.41) is 2.80. The topological polar surface area (TPSA) is 127 Å². The van der Waals surface area contributed by atoms with Gasteiger partial charge >= 0.3 is 5.97 Å². The van der Waals surface area contributed by atoms with Crippen molar-refractivity contribution in [1.29, 1.82) is 0 Å². The van der Waals surface area contributed by atoms with Crippen LogP contribution >= 0.6 is 0 Å². The van der Waals surface area contributed by atoms with E-state index in [1.54, 1.807) is 20.8 Å². The number of nitrogens with zero attached hydrogens (tertiary/aromatic N) is 1. The fourth-order valence-electron chi connectivity index (χ4n) is 5.17. The Morgan fingerprint density at radius 1 is 0.932 bits per heavy atom. The number of carbonyl (C=O) groups is 6. The fraction of sp³-hybridized carbons (Fsp3) is 0.657. The molecule has 0 aromatic heterocycles. The average Bonchev–Trinajstić information content (AvgIpc) is 3.23.